The number of hydrogen-bond donors (Lipinski definition) is 1. The Hall–Kier alpha value is -2.34. The van der Waals surface area contributed by atoms with Gasteiger partial charge in [-0.1, -0.05) is 6.42 Å². The number of aliphatic hydroxyl groups excluding tert-OH is 1. The largest absolute Gasteiger partial charge is 0.391 e. The summed E-state index contributed by atoms with van der Waals surface area (Å²) in [6, 6.07) is 3.34. The fourth-order valence-electron chi connectivity index (χ4n) is 4.20. The van der Waals surface area contributed by atoms with Gasteiger partial charge in [0.05, 0.1) is 11.5 Å². The van der Waals surface area contributed by atoms with Crippen LogP contribution in [-0.2, 0) is 10.0 Å². The fourth-order valence-corrected chi connectivity index (χ4v) is 6.42. The van der Waals surface area contributed by atoms with E-state index in [9.17, 15) is 18.3 Å². The third-order valence-electron chi connectivity index (χ3n) is 5.85. The number of piperidine rings is 1. The maximum absolute atomic E-state index is 13.3. The summed E-state index contributed by atoms with van der Waals surface area (Å²) in [6.07, 6.45) is 5.82. The molecule has 5 heterocycles. The van der Waals surface area contributed by atoms with E-state index in [2.05, 4.69) is 9.97 Å². The Bertz CT molecular complexity index is 1270. The second-order valence-electron chi connectivity index (χ2n) is 7.90. The van der Waals surface area contributed by atoms with E-state index in [0.717, 1.165) is 19.3 Å². The first kappa shape index (κ1) is 20.6. The van der Waals surface area contributed by atoms with E-state index in [1.54, 1.807) is 28.3 Å². The van der Waals surface area contributed by atoms with Crippen molar-refractivity contribution in [2.75, 3.05) is 31.1 Å². The molecule has 5 rings (SSSR count). The van der Waals surface area contributed by atoms with Crippen LogP contribution in [0.1, 0.15) is 25.7 Å². The van der Waals surface area contributed by atoms with E-state index in [-0.39, 0.29) is 10.3 Å². The van der Waals surface area contributed by atoms with Crippen LogP contribution in [0.15, 0.2) is 39.6 Å². The minimum atomic E-state index is -3.93. The highest BCUT2D eigenvalue weighted by molar-refractivity contribution is 7.89. The third-order valence-corrected chi connectivity index (χ3v) is 8.51. The van der Waals surface area contributed by atoms with Crippen molar-refractivity contribution >= 4 is 38.2 Å². The molecule has 2 aliphatic heterocycles. The maximum Gasteiger partial charge on any atom is 0.248 e. The summed E-state index contributed by atoms with van der Waals surface area (Å²) in [5.74, 6) is 0.639. The molecular weight excluding hydrogens is 438 g/mol. The molecule has 9 nitrogen and oxygen atoms in total. The van der Waals surface area contributed by atoms with Gasteiger partial charge in [0.25, 0.3) is 0 Å². The molecule has 3 aromatic rings. The first-order valence-corrected chi connectivity index (χ1v) is 12.7. The highest BCUT2D eigenvalue weighted by Crippen LogP contribution is 2.26. The van der Waals surface area contributed by atoms with Crippen molar-refractivity contribution in [2.24, 2.45) is 0 Å². The van der Waals surface area contributed by atoms with Crippen molar-refractivity contribution < 1.29 is 13.5 Å². The number of aliphatic hydroxyl groups is 1. The van der Waals surface area contributed by atoms with Gasteiger partial charge in [-0.3, -0.25) is 9.36 Å². The number of pyridine rings is 2. The molecule has 1 unspecified atom stereocenters. The summed E-state index contributed by atoms with van der Waals surface area (Å²) >= 11 is 1.34. The summed E-state index contributed by atoms with van der Waals surface area (Å²) in [5, 5.41) is 12.4. The summed E-state index contributed by atoms with van der Waals surface area (Å²) < 4.78 is 29.6. The molecule has 0 spiro atoms. The van der Waals surface area contributed by atoms with Crippen molar-refractivity contribution in [1.29, 1.82) is 0 Å². The van der Waals surface area contributed by atoms with Crippen molar-refractivity contribution in [3.05, 3.63) is 40.1 Å². The van der Waals surface area contributed by atoms with Crippen LogP contribution in [0.25, 0.3) is 16.2 Å². The lowest BCUT2D eigenvalue weighted by molar-refractivity contribution is 0.198. The van der Waals surface area contributed by atoms with Crippen LogP contribution in [0.5, 0.6) is 0 Å². The normalized spacial score (nSPS) is 20.5. The molecule has 0 aliphatic carbocycles. The van der Waals surface area contributed by atoms with Gasteiger partial charge in [0.1, 0.15) is 10.7 Å². The Morgan fingerprint density at radius 2 is 1.94 bits per heavy atom. The molecule has 11 heteroatoms. The zero-order valence-electron chi connectivity index (χ0n) is 16.8. The number of thiazole rings is 1. The monoisotopic (exact) mass is 461 g/mol. The van der Waals surface area contributed by atoms with Crippen molar-refractivity contribution in [1.82, 2.24) is 18.8 Å². The van der Waals surface area contributed by atoms with Crippen LogP contribution in [0, 0.1) is 0 Å². The molecule has 2 aliphatic rings. The van der Waals surface area contributed by atoms with E-state index >= 15 is 0 Å². The molecule has 0 aromatic carbocycles. The quantitative estimate of drug-likeness (QED) is 0.628. The number of rotatable bonds is 4. The maximum atomic E-state index is 13.3. The average Bonchev–Trinajstić information content (AvgIpc) is 3.46. The van der Waals surface area contributed by atoms with E-state index in [1.807, 2.05) is 4.90 Å². The molecule has 0 saturated carbocycles. The summed E-state index contributed by atoms with van der Waals surface area (Å²) in [7, 11) is -3.93. The fraction of sp³-hybridized carbons (Fsp3) is 0.450. The number of β-amino-alcohol motifs (C(OH)–C–C–N with tert-alkyl or cyclic N) is 1. The molecule has 31 heavy (non-hydrogen) atoms. The lowest BCUT2D eigenvalue weighted by Gasteiger charge is -2.26. The molecule has 3 aromatic heterocycles. The van der Waals surface area contributed by atoms with Gasteiger partial charge >= 0.3 is 0 Å². The number of anilines is 1. The zero-order valence-corrected chi connectivity index (χ0v) is 18.5. The molecule has 0 bridgehead atoms. The molecule has 164 valence electrons. The minimum absolute atomic E-state index is 0.233. The topological polar surface area (TPSA) is 109 Å². The van der Waals surface area contributed by atoms with Gasteiger partial charge in [0, 0.05) is 44.0 Å². The Labute approximate surface area is 183 Å². The molecular formula is C20H23N5O4S2. The Kier molecular flexibility index (Phi) is 5.29. The van der Waals surface area contributed by atoms with Crippen LogP contribution >= 0.6 is 11.3 Å². The predicted octanol–water partition coefficient (Wildman–Crippen LogP) is 1.59. The highest BCUT2D eigenvalue weighted by Gasteiger charge is 2.31. The predicted molar refractivity (Wildman–Crippen MR) is 118 cm³/mol. The van der Waals surface area contributed by atoms with Gasteiger partial charge in [-0.25, -0.2) is 18.4 Å². The van der Waals surface area contributed by atoms with Crippen LogP contribution in [0.2, 0.25) is 0 Å². The molecule has 1 atom stereocenters. The van der Waals surface area contributed by atoms with Crippen LogP contribution in [0.3, 0.4) is 0 Å². The Morgan fingerprint density at radius 3 is 2.61 bits per heavy atom. The lowest BCUT2D eigenvalue weighted by atomic mass is 10.2. The van der Waals surface area contributed by atoms with Gasteiger partial charge in [0.2, 0.25) is 15.5 Å². The SMILES string of the molecule is O=c1c(S(=O)(=O)N2CCCCC2)cn(-c2nccs2)c2nc(N3CCC(O)C3)ccc12. The van der Waals surface area contributed by atoms with Crippen LogP contribution < -0.4 is 10.3 Å². The highest BCUT2D eigenvalue weighted by atomic mass is 32.2. The molecule has 2 saturated heterocycles. The van der Waals surface area contributed by atoms with E-state index in [4.69, 9.17) is 0 Å². The lowest BCUT2D eigenvalue weighted by Crippen LogP contribution is -2.38. The van der Waals surface area contributed by atoms with Crippen molar-refractivity contribution in [2.45, 2.75) is 36.7 Å². The van der Waals surface area contributed by atoms with E-state index in [0.29, 0.717) is 49.2 Å². The van der Waals surface area contributed by atoms with Gasteiger partial charge in [-0.15, -0.1) is 11.3 Å². The van der Waals surface area contributed by atoms with Gasteiger partial charge in [-0.2, -0.15) is 4.31 Å². The molecule has 0 radical (unpaired) electrons. The second kappa shape index (κ2) is 7.97. The molecule has 2 fully saturated rings. The number of aromatic nitrogens is 3. The van der Waals surface area contributed by atoms with Crippen molar-refractivity contribution in [3.63, 3.8) is 0 Å². The third kappa shape index (κ3) is 3.65. The molecule has 1 N–H and O–H groups in total. The smallest absolute Gasteiger partial charge is 0.248 e. The number of hydrogen-bond acceptors (Lipinski definition) is 8. The summed E-state index contributed by atoms with van der Waals surface area (Å²) in [6.45, 7) is 1.99. The molecule has 0 amide bonds. The van der Waals surface area contributed by atoms with Crippen LogP contribution in [-0.4, -0.2) is 64.6 Å². The van der Waals surface area contributed by atoms with Gasteiger partial charge < -0.3 is 10.0 Å². The summed E-state index contributed by atoms with van der Waals surface area (Å²) in [5.41, 5.74) is -0.190. The standard InChI is InChI=1S/C20H23N5O4S2/c26-14-6-10-23(12-14)17-5-4-15-18(27)16(31(28,29)24-8-2-1-3-9-24)13-25(19(15)22-17)20-21-7-11-30-20/h4-5,7,11,13-14,26H,1-3,6,8-10,12H2. The van der Waals surface area contributed by atoms with E-state index < -0.39 is 21.6 Å². The number of fused-ring (bicyclic) bond motifs is 1. The van der Waals surface area contributed by atoms with Gasteiger partial charge in [0.15, 0.2) is 10.8 Å². The van der Waals surface area contributed by atoms with E-state index in [1.165, 1.54) is 21.8 Å². The Balaban J connectivity index is 1.70. The number of nitrogens with zero attached hydrogens (tertiary/aromatic N) is 5. The van der Waals surface area contributed by atoms with Crippen molar-refractivity contribution in [3.8, 4) is 5.13 Å². The van der Waals surface area contributed by atoms with Crippen LogP contribution in [0.4, 0.5) is 5.82 Å². The number of sulfonamides is 1. The first-order chi connectivity index (χ1) is 14.9. The Morgan fingerprint density at radius 1 is 1.13 bits per heavy atom. The zero-order chi connectivity index (χ0) is 21.6. The van der Waals surface area contributed by atoms with Gasteiger partial charge in [-0.05, 0) is 31.4 Å². The average molecular weight is 462 g/mol. The summed E-state index contributed by atoms with van der Waals surface area (Å²) in [4.78, 5) is 24.0. The second-order valence-corrected chi connectivity index (χ2v) is 10.7. The first-order valence-electron chi connectivity index (χ1n) is 10.3. The minimum Gasteiger partial charge on any atom is -0.391 e.